The third kappa shape index (κ3) is 2.18. The number of carbonyl (C=O) groups is 1. The molecule has 5 atom stereocenters. The minimum absolute atomic E-state index is 0.0232. The lowest BCUT2D eigenvalue weighted by molar-refractivity contribution is -0.157. The van der Waals surface area contributed by atoms with Crippen LogP contribution < -0.4 is 5.73 Å². The molecule has 3 aliphatic carbocycles. The predicted octanol–water partition coefficient (Wildman–Crippen LogP) is 2.98. The van der Waals surface area contributed by atoms with E-state index in [1.165, 1.54) is 17.5 Å². The number of nitrogens with two attached hydrogens (primary N) is 1. The zero-order chi connectivity index (χ0) is 14.4. The molecule has 0 amide bonds. The fourth-order valence-corrected chi connectivity index (χ4v) is 4.74. The van der Waals surface area contributed by atoms with Gasteiger partial charge in [-0.15, -0.1) is 0 Å². The molecule has 5 unspecified atom stereocenters. The molecule has 2 saturated carbocycles. The number of fused-ring (bicyclic) bond motifs is 3. The highest BCUT2D eigenvalue weighted by Crippen LogP contribution is 2.48. The van der Waals surface area contributed by atoms with E-state index in [-0.39, 0.29) is 24.0 Å². The summed E-state index contributed by atoms with van der Waals surface area (Å²) in [5, 5.41) is 0. The van der Waals surface area contributed by atoms with Crippen molar-refractivity contribution >= 4 is 5.97 Å². The second kappa shape index (κ2) is 5.13. The molecule has 21 heavy (non-hydrogen) atoms. The number of ether oxygens (including phenoxy) is 1. The first-order valence-electron chi connectivity index (χ1n) is 8.28. The summed E-state index contributed by atoms with van der Waals surface area (Å²) < 4.78 is 5.91. The molecule has 0 heterocycles. The van der Waals surface area contributed by atoms with Gasteiger partial charge < -0.3 is 10.5 Å². The van der Waals surface area contributed by atoms with E-state index in [4.69, 9.17) is 10.5 Å². The number of rotatable bonds is 2. The molecule has 3 heteroatoms. The summed E-state index contributed by atoms with van der Waals surface area (Å²) in [7, 11) is 0. The van der Waals surface area contributed by atoms with Crippen molar-refractivity contribution in [2.45, 2.75) is 50.7 Å². The lowest BCUT2D eigenvalue weighted by Gasteiger charge is -2.30. The molecule has 0 saturated heterocycles. The minimum Gasteiger partial charge on any atom is -0.457 e. The maximum Gasteiger partial charge on any atom is 0.311 e. The van der Waals surface area contributed by atoms with Crippen LogP contribution in [-0.2, 0) is 16.0 Å². The van der Waals surface area contributed by atoms with Crippen LogP contribution in [0.1, 0.15) is 49.3 Å². The van der Waals surface area contributed by atoms with Gasteiger partial charge in [-0.1, -0.05) is 24.3 Å². The van der Waals surface area contributed by atoms with Gasteiger partial charge in [0.1, 0.15) is 6.10 Å². The second-order valence-corrected chi connectivity index (χ2v) is 6.95. The molecule has 0 aliphatic heterocycles. The Bertz CT molecular complexity index is 554. The summed E-state index contributed by atoms with van der Waals surface area (Å²) in [5.41, 5.74) is 8.80. The number of aryl methyl sites for hydroxylation is 1. The summed E-state index contributed by atoms with van der Waals surface area (Å²) in [5.74, 6) is 0.914. The quantitative estimate of drug-likeness (QED) is 0.850. The Labute approximate surface area is 125 Å². The first-order valence-corrected chi connectivity index (χ1v) is 8.28. The SMILES string of the molecule is NC1C2CCC(C2)C1C(=O)OC1CCCc2ccccc21. The van der Waals surface area contributed by atoms with Gasteiger partial charge in [0.25, 0.3) is 0 Å². The van der Waals surface area contributed by atoms with Crippen molar-refractivity contribution in [2.75, 3.05) is 0 Å². The topological polar surface area (TPSA) is 52.3 Å². The van der Waals surface area contributed by atoms with Crippen LogP contribution in [0.3, 0.4) is 0 Å². The number of hydrogen-bond donors (Lipinski definition) is 1. The second-order valence-electron chi connectivity index (χ2n) is 6.95. The van der Waals surface area contributed by atoms with Crippen LogP contribution in [0, 0.1) is 17.8 Å². The van der Waals surface area contributed by atoms with Crippen LogP contribution in [0.15, 0.2) is 24.3 Å². The lowest BCUT2D eigenvalue weighted by Crippen LogP contribution is -2.41. The highest BCUT2D eigenvalue weighted by molar-refractivity contribution is 5.75. The van der Waals surface area contributed by atoms with Gasteiger partial charge in [0, 0.05) is 6.04 Å². The molecule has 3 aliphatic rings. The maximum absolute atomic E-state index is 12.6. The number of hydrogen-bond acceptors (Lipinski definition) is 3. The molecule has 2 bridgehead atoms. The van der Waals surface area contributed by atoms with Crippen molar-refractivity contribution in [1.82, 2.24) is 0 Å². The monoisotopic (exact) mass is 285 g/mol. The Morgan fingerprint density at radius 1 is 1.14 bits per heavy atom. The van der Waals surface area contributed by atoms with Gasteiger partial charge in [0.05, 0.1) is 5.92 Å². The summed E-state index contributed by atoms with van der Waals surface area (Å²) in [4.78, 5) is 12.6. The number of benzene rings is 1. The predicted molar refractivity (Wildman–Crippen MR) is 80.5 cm³/mol. The van der Waals surface area contributed by atoms with E-state index in [0.717, 1.165) is 32.1 Å². The van der Waals surface area contributed by atoms with Crippen molar-refractivity contribution in [3.05, 3.63) is 35.4 Å². The lowest BCUT2D eigenvalue weighted by atomic mass is 9.84. The van der Waals surface area contributed by atoms with Crippen LogP contribution in [0.25, 0.3) is 0 Å². The first-order chi connectivity index (χ1) is 10.2. The van der Waals surface area contributed by atoms with E-state index in [0.29, 0.717) is 11.8 Å². The van der Waals surface area contributed by atoms with Crippen LogP contribution >= 0.6 is 0 Å². The zero-order valence-corrected chi connectivity index (χ0v) is 12.3. The molecule has 4 rings (SSSR count). The number of esters is 1. The minimum atomic E-state index is -0.0613. The third-order valence-electron chi connectivity index (χ3n) is 5.83. The molecular formula is C18H23NO2. The van der Waals surface area contributed by atoms with Crippen molar-refractivity contribution in [1.29, 1.82) is 0 Å². The van der Waals surface area contributed by atoms with Crippen LogP contribution in [0.5, 0.6) is 0 Å². The highest BCUT2D eigenvalue weighted by atomic mass is 16.5. The van der Waals surface area contributed by atoms with Gasteiger partial charge in [-0.05, 0) is 61.5 Å². The number of carbonyl (C=O) groups excluding carboxylic acids is 1. The average molecular weight is 285 g/mol. The van der Waals surface area contributed by atoms with Crippen molar-refractivity contribution < 1.29 is 9.53 Å². The zero-order valence-electron chi connectivity index (χ0n) is 12.3. The summed E-state index contributed by atoms with van der Waals surface area (Å²) >= 11 is 0. The van der Waals surface area contributed by atoms with Crippen LogP contribution in [0.2, 0.25) is 0 Å². The summed E-state index contributed by atoms with van der Waals surface area (Å²) in [6.45, 7) is 0. The van der Waals surface area contributed by atoms with E-state index >= 15 is 0 Å². The van der Waals surface area contributed by atoms with E-state index in [1.54, 1.807) is 0 Å². The molecular weight excluding hydrogens is 262 g/mol. The Morgan fingerprint density at radius 2 is 1.95 bits per heavy atom. The van der Waals surface area contributed by atoms with E-state index < -0.39 is 0 Å². The van der Waals surface area contributed by atoms with E-state index in [2.05, 4.69) is 18.2 Å². The van der Waals surface area contributed by atoms with Gasteiger partial charge in [-0.25, -0.2) is 0 Å². The first kappa shape index (κ1) is 13.3. The molecule has 0 spiro atoms. The molecule has 0 radical (unpaired) electrons. The highest BCUT2D eigenvalue weighted by Gasteiger charge is 2.50. The van der Waals surface area contributed by atoms with Gasteiger partial charge in [-0.3, -0.25) is 4.79 Å². The Hall–Kier alpha value is -1.35. The third-order valence-corrected chi connectivity index (χ3v) is 5.83. The smallest absolute Gasteiger partial charge is 0.311 e. The average Bonchev–Trinajstić information content (AvgIpc) is 3.08. The summed E-state index contributed by atoms with van der Waals surface area (Å²) in [6.07, 6.45) is 6.55. The van der Waals surface area contributed by atoms with Crippen molar-refractivity contribution in [2.24, 2.45) is 23.5 Å². The van der Waals surface area contributed by atoms with Crippen molar-refractivity contribution in [3.63, 3.8) is 0 Å². The normalized spacial score (nSPS) is 37.3. The van der Waals surface area contributed by atoms with E-state index in [9.17, 15) is 4.79 Å². The van der Waals surface area contributed by atoms with Crippen LogP contribution in [-0.4, -0.2) is 12.0 Å². The van der Waals surface area contributed by atoms with E-state index in [1.807, 2.05) is 6.07 Å². The van der Waals surface area contributed by atoms with Crippen molar-refractivity contribution in [3.8, 4) is 0 Å². The fraction of sp³-hybridized carbons (Fsp3) is 0.611. The molecule has 3 nitrogen and oxygen atoms in total. The Balaban J connectivity index is 1.51. The van der Waals surface area contributed by atoms with Gasteiger partial charge >= 0.3 is 5.97 Å². The van der Waals surface area contributed by atoms with Gasteiger partial charge in [-0.2, -0.15) is 0 Å². The Morgan fingerprint density at radius 3 is 2.76 bits per heavy atom. The molecule has 2 N–H and O–H groups in total. The molecule has 1 aromatic carbocycles. The van der Waals surface area contributed by atoms with Gasteiger partial charge in [0.15, 0.2) is 0 Å². The standard InChI is InChI=1S/C18H23NO2/c19-17-13-9-8-12(10-13)16(17)18(20)21-15-7-3-5-11-4-1-2-6-14(11)15/h1-2,4,6,12-13,15-17H,3,5,7-10,19H2. The molecule has 2 fully saturated rings. The van der Waals surface area contributed by atoms with Crippen LogP contribution in [0.4, 0.5) is 0 Å². The summed E-state index contributed by atoms with van der Waals surface area (Å²) in [6, 6.07) is 8.38. The molecule has 1 aromatic rings. The fourth-order valence-electron chi connectivity index (χ4n) is 4.74. The maximum atomic E-state index is 12.6. The Kier molecular flexibility index (Phi) is 3.26. The largest absolute Gasteiger partial charge is 0.457 e. The van der Waals surface area contributed by atoms with Gasteiger partial charge in [0.2, 0.25) is 0 Å². The molecule has 112 valence electrons. The molecule has 0 aromatic heterocycles.